The third kappa shape index (κ3) is 6.21. The molecule has 1 aliphatic rings. The van der Waals surface area contributed by atoms with E-state index in [1.54, 1.807) is 42.5 Å². The summed E-state index contributed by atoms with van der Waals surface area (Å²) in [5.74, 6) is -0.198. The van der Waals surface area contributed by atoms with Crippen molar-refractivity contribution in [3.8, 4) is 17.0 Å². The second-order valence-electron chi connectivity index (χ2n) is 8.58. The smallest absolute Gasteiger partial charge is 0.255 e. The number of halogens is 2. The van der Waals surface area contributed by atoms with E-state index in [1.165, 1.54) is 25.3 Å². The van der Waals surface area contributed by atoms with Gasteiger partial charge >= 0.3 is 0 Å². The summed E-state index contributed by atoms with van der Waals surface area (Å²) >= 11 is 5.96. The monoisotopic (exact) mass is 497 g/mol. The van der Waals surface area contributed by atoms with Crippen LogP contribution in [0.1, 0.15) is 35.2 Å². The number of carbonyl (C=O) groups is 1. The minimum Gasteiger partial charge on any atom is -0.507 e. The molecule has 0 saturated carbocycles. The molecule has 0 radical (unpaired) electrons. The van der Waals surface area contributed by atoms with Crippen LogP contribution in [-0.4, -0.2) is 47.1 Å². The van der Waals surface area contributed by atoms with E-state index in [1.807, 2.05) is 0 Å². The number of hydrogen-bond donors (Lipinski definition) is 4. The van der Waals surface area contributed by atoms with Gasteiger partial charge in [-0.25, -0.2) is 9.37 Å². The lowest BCUT2D eigenvalue weighted by Crippen LogP contribution is -2.37. The van der Waals surface area contributed by atoms with E-state index in [4.69, 9.17) is 17.3 Å². The van der Waals surface area contributed by atoms with Crippen molar-refractivity contribution >= 4 is 34.7 Å². The van der Waals surface area contributed by atoms with Crippen molar-refractivity contribution < 1.29 is 14.3 Å². The first-order valence-corrected chi connectivity index (χ1v) is 12.0. The number of nitrogens with two attached hydrogens (primary N) is 1. The lowest BCUT2D eigenvalue weighted by atomic mass is 10.1. The summed E-state index contributed by atoms with van der Waals surface area (Å²) in [6.45, 7) is 2.81. The zero-order valence-corrected chi connectivity index (χ0v) is 20.1. The second kappa shape index (κ2) is 11.4. The molecular formula is C26H29ClFN5O2. The number of amides is 1. The summed E-state index contributed by atoms with van der Waals surface area (Å²) in [5, 5.41) is 16.9. The fourth-order valence-corrected chi connectivity index (χ4v) is 4.39. The maximum absolute atomic E-state index is 13.4. The Morgan fingerprint density at radius 3 is 2.66 bits per heavy atom. The first kappa shape index (κ1) is 24.8. The van der Waals surface area contributed by atoms with E-state index in [2.05, 4.69) is 20.5 Å². The fraction of sp³-hybridized carbons (Fsp3) is 0.308. The standard InChI is InChI=1S/C26H29ClFN5O2/c27-18-4-7-22(17(14-18)16-28)31-19-5-9-24(34)21(15-19)23-8-6-20(25(29)32-23)26(35)30-10-13-33-11-2-1-3-12-33/h4-9,14-15,31,34H,1-3,10-13,16H2,(H2,29,32)(H,30,35). The van der Waals surface area contributed by atoms with Crippen molar-refractivity contribution in [2.75, 3.05) is 37.2 Å². The van der Waals surface area contributed by atoms with Gasteiger partial charge in [-0.2, -0.15) is 0 Å². The van der Waals surface area contributed by atoms with E-state index >= 15 is 0 Å². The van der Waals surface area contributed by atoms with Gasteiger partial charge in [-0.15, -0.1) is 0 Å². The molecule has 184 valence electrons. The van der Waals surface area contributed by atoms with Gasteiger partial charge in [0.1, 0.15) is 18.2 Å². The normalized spacial score (nSPS) is 14.0. The Balaban J connectivity index is 1.47. The number of pyridine rings is 1. The van der Waals surface area contributed by atoms with E-state index in [9.17, 15) is 14.3 Å². The third-order valence-corrected chi connectivity index (χ3v) is 6.33. The van der Waals surface area contributed by atoms with Crippen molar-refractivity contribution in [2.45, 2.75) is 25.9 Å². The number of rotatable bonds is 8. The van der Waals surface area contributed by atoms with E-state index < -0.39 is 6.67 Å². The maximum atomic E-state index is 13.4. The van der Waals surface area contributed by atoms with Crippen LogP contribution in [0.3, 0.4) is 0 Å². The van der Waals surface area contributed by atoms with Crippen molar-refractivity contribution in [2.24, 2.45) is 0 Å². The van der Waals surface area contributed by atoms with Crippen LogP contribution >= 0.6 is 11.6 Å². The van der Waals surface area contributed by atoms with Gasteiger partial charge in [0.15, 0.2) is 0 Å². The molecule has 7 nitrogen and oxygen atoms in total. The van der Waals surface area contributed by atoms with Crippen molar-refractivity contribution in [3.63, 3.8) is 0 Å². The highest BCUT2D eigenvalue weighted by atomic mass is 35.5. The number of aromatic hydroxyl groups is 1. The summed E-state index contributed by atoms with van der Waals surface area (Å²) in [4.78, 5) is 19.3. The maximum Gasteiger partial charge on any atom is 0.255 e. The number of phenols is 1. The molecule has 2 aromatic carbocycles. The number of phenolic OH excluding ortho intramolecular Hbond substituents is 1. The number of aromatic nitrogens is 1. The second-order valence-corrected chi connectivity index (χ2v) is 9.02. The topological polar surface area (TPSA) is 104 Å². The van der Waals surface area contributed by atoms with Crippen LogP contribution in [0, 0.1) is 0 Å². The molecule has 0 bridgehead atoms. The highest BCUT2D eigenvalue weighted by Crippen LogP contribution is 2.33. The first-order chi connectivity index (χ1) is 16.9. The molecule has 1 fully saturated rings. The number of piperidine rings is 1. The van der Waals surface area contributed by atoms with Gasteiger partial charge in [0.05, 0.1) is 11.3 Å². The van der Waals surface area contributed by atoms with Crippen molar-refractivity contribution in [1.29, 1.82) is 0 Å². The number of nitrogens with one attached hydrogen (secondary N) is 2. The number of benzene rings is 2. The lowest BCUT2D eigenvalue weighted by molar-refractivity contribution is 0.0947. The van der Waals surface area contributed by atoms with Crippen LogP contribution in [0.15, 0.2) is 48.5 Å². The number of alkyl halides is 1. The largest absolute Gasteiger partial charge is 0.507 e. The summed E-state index contributed by atoms with van der Waals surface area (Å²) in [7, 11) is 0. The summed E-state index contributed by atoms with van der Waals surface area (Å²) in [6, 6.07) is 13.0. The lowest BCUT2D eigenvalue weighted by Gasteiger charge is -2.26. The van der Waals surface area contributed by atoms with Gasteiger partial charge < -0.3 is 26.4 Å². The quantitative estimate of drug-likeness (QED) is 0.322. The number of hydrogen-bond acceptors (Lipinski definition) is 6. The number of anilines is 3. The van der Waals surface area contributed by atoms with Crippen molar-refractivity contribution in [1.82, 2.24) is 15.2 Å². The zero-order valence-electron chi connectivity index (χ0n) is 19.4. The SMILES string of the molecule is Nc1nc(-c2cc(Nc3ccc(Cl)cc3CF)ccc2O)ccc1C(=O)NCCN1CCCCC1. The van der Waals surface area contributed by atoms with Crippen LogP contribution in [0.5, 0.6) is 5.75 Å². The van der Waals surface area contributed by atoms with Crippen LogP contribution in [0.2, 0.25) is 5.02 Å². The predicted octanol–water partition coefficient (Wildman–Crippen LogP) is 5.12. The van der Waals surface area contributed by atoms with Gasteiger partial charge in [0.25, 0.3) is 5.91 Å². The van der Waals surface area contributed by atoms with E-state index in [0.717, 1.165) is 19.6 Å². The highest BCUT2D eigenvalue weighted by Gasteiger charge is 2.16. The van der Waals surface area contributed by atoms with Crippen LogP contribution in [0.4, 0.5) is 21.6 Å². The molecule has 2 heterocycles. The molecule has 1 aliphatic heterocycles. The van der Waals surface area contributed by atoms with Gasteiger partial charge in [-0.05, 0) is 74.5 Å². The first-order valence-electron chi connectivity index (χ1n) is 11.7. The van der Waals surface area contributed by atoms with Crippen LogP contribution in [0.25, 0.3) is 11.3 Å². The highest BCUT2D eigenvalue weighted by molar-refractivity contribution is 6.30. The Bertz CT molecular complexity index is 1200. The number of likely N-dealkylation sites (tertiary alicyclic amines) is 1. The molecule has 0 unspecified atom stereocenters. The predicted molar refractivity (Wildman–Crippen MR) is 138 cm³/mol. The molecule has 0 spiro atoms. The van der Waals surface area contributed by atoms with Crippen LogP contribution < -0.4 is 16.4 Å². The molecule has 4 rings (SSSR count). The average Bonchev–Trinajstić information content (AvgIpc) is 2.86. The number of nitrogens with zero attached hydrogens (tertiary/aromatic N) is 2. The molecule has 3 aromatic rings. The molecule has 0 atom stereocenters. The van der Waals surface area contributed by atoms with Crippen molar-refractivity contribution in [3.05, 3.63) is 64.7 Å². The molecule has 1 amide bonds. The minimum absolute atomic E-state index is 0.00278. The van der Waals surface area contributed by atoms with Gasteiger partial charge in [-0.3, -0.25) is 4.79 Å². The fourth-order valence-electron chi connectivity index (χ4n) is 4.19. The molecular weight excluding hydrogens is 469 g/mol. The van der Waals surface area contributed by atoms with Gasteiger partial charge in [0, 0.05) is 40.6 Å². The molecule has 1 aromatic heterocycles. The summed E-state index contributed by atoms with van der Waals surface area (Å²) < 4.78 is 13.4. The minimum atomic E-state index is -0.673. The zero-order chi connectivity index (χ0) is 24.8. The van der Waals surface area contributed by atoms with Gasteiger partial charge in [-0.1, -0.05) is 18.0 Å². The Kier molecular flexibility index (Phi) is 8.05. The summed E-state index contributed by atoms with van der Waals surface area (Å²) in [6.07, 6.45) is 3.67. The molecule has 0 aliphatic carbocycles. The van der Waals surface area contributed by atoms with Gasteiger partial charge in [0.2, 0.25) is 0 Å². The number of nitrogen functional groups attached to an aromatic ring is 1. The molecule has 5 N–H and O–H groups in total. The Hall–Kier alpha value is -3.36. The molecule has 35 heavy (non-hydrogen) atoms. The Morgan fingerprint density at radius 2 is 1.91 bits per heavy atom. The third-order valence-electron chi connectivity index (χ3n) is 6.09. The number of carbonyl (C=O) groups excluding carboxylic acids is 1. The van der Waals surface area contributed by atoms with E-state index in [0.29, 0.717) is 39.8 Å². The van der Waals surface area contributed by atoms with E-state index in [-0.39, 0.29) is 23.0 Å². The molecule has 1 saturated heterocycles. The summed E-state index contributed by atoms with van der Waals surface area (Å²) in [5.41, 5.74) is 8.84. The average molecular weight is 498 g/mol. The molecule has 9 heteroatoms. The van der Waals surface area contributed by atoms with Crippen LogP contribution in [-0.2, 0) is 6.67 Å². The Labute approximate surface area is 209 Å². The Morgan fingerprint density at radius 1 is 1.11 bits per heavy atom.